The van der Waals surface area contributed by atoms with Crippen molar-refractivity contribution in [2.45, 2.75) is 25.1 Å². The van der Waals surface area contributed by atoms with Crippen LogP contribution in [0.2, 0.25) is 0 Å². The van der Waals surface area contributed by atoms with Crippen molar-refractivity contribution in [1.82, 2.24) is 4.72 Å². The number of hydrogen-bond donors (Lipinski definition) is 1. The zero-order valence-electron chi connectivity index (χ0n) is 12.4. The third-order valence-corrected chi connectivity index (χ3v) is 4.36. The minimum Gasteiger partial charge on any atom is -0.370 e. The Morgan fingerprint density at radius 1 is 1.39 bits per heavy atom. The van der Waals surface area contributed by atoms with Gasteiger partial charge in [-0.2, -0.15) is 18.4 Å². The smallest absolute Gasteiger partial charge is 0.370 e. The monoisotopic (exact) mass is 347 g/mol. The number of hydrogen-bond acceptors (Lipinski definition) is 4. The molecule has 1 aliphatic rings. The second-order valence-electron chi connectivity index (χ2n) is 5.51. The van der Waals surface area contributed by atoms with Crippen LogP contribution < -0.4 is 9.62 Å². The van der Waals surface area contributed by atoms with Crippen molar-refractivity contribution in [3.63, 3.8) is 0 Å². The average molecular weight is 347 g/mol. The Balaban J connectivity index is 2.26. The van der Waals surface area contributed by atoms with Gasteiger partial charge in [-0.05, 0) is 31.0 Å². The van der Waals surface area contributed by atoms with Gasteiger partial charge in [0, 0.05) is 24.8 Å². The number of nitriles is 1. The number of halogens is 3. The highest BCUT2D eigenvalue weighted by Gasteiger charge is 2.34. The van der Waals surface area contributed by atoms with E-state index in [-0.39, 0.29) is 12.6 Å². The molecule has 0 bridgehead atoms. The first-order valence-electron chi connectivity index (χ1n) is 6.94. The van der Waals surface area contributed by atoms with Crippen LogP contribution in [0, 0.1) is 11.3 Å². The highest BCUT2D eigenvalue weighted by Crippen LogP contribution is 2.35. The maximum absolute atomic E-state index is 13.0. The molecule has 0 amide bonds. The van der Waals surface area contributed by atoms with Gasteiger partial charge >= 0.3 is 6.18 Å². The van der Waals surface area contributed by atoms with Crippen molar-refractivity contribution in [2.24, 2.45) is 0 Å². The molecule has 23 heavy (non-hydrogen) atoms. The van der Waals surface area contributed by atoms with E-state index in [9.17, 15) is 21.6 Å². The zero-order chi connectivity index (χ0) is 17.3. The minimum atomic E-state index is -4.61. The molecule has 1 aliphatic heterocycles. The molecule has 0 aromatic heterocycles. The van der Waals surface area contributed by atoms with Crippen molar-refractivity contribution in [3.8, 4) is 6.07 Å². The summed E-state index contributed by atoms with van der Waals surface area (Å²) in [6, 6.07) is 4.74. The van der Waals surface area contributed by atoms with E-state index in [1.165, 1.54) is 6.07 Å². The standard InChI is InChI=1S/C14H16F3N3O2S/c1-23(21,22)19-11-3-2-6-20(9-11)12-5-4-10(8-18)13(7-12)14(15,16)17/h4-5,7,11,19H,2-3,6,9H2,1H3/t11-/m0/s1. The van der Waals surface area contributed by atoms with E-state index in [1.807, 2.05) is 0 Å². The summed E-state index contributed by atoms with van der Waals surface area (Å²) in [5.41, 5.74) is -1.07. The summed E-state index contributed by atoms with van der Waals surface area (Å²) in [4.78, 5) is 1.70. The number of sulfonamides is 1. The van der Waals surface area contributed by atoms with E-state index in [0.29, 0.717) is 25.1 Å². The molecule has 1 atom stereocenters. The summed E-state index contributed by atoms with van der Waals surface area (Å²) < 4.78 is 64.1. The summed E-state index contributed by atoms with van der Waals surface area (Å²) >= 11 is 0. The Bertz CT molecular complexity index is 726. The van der Waals surface area contributed by atoms with Gasteiger partial charge in [-0.3, -0.25) is 0 Å². The van der Waals surface area contributed by atoms with Crippen LogP contribution in [0.25, 0.3) is 0 Å². The number of nitrogens with one attached hydrogen (secondary N) is 1. The first-order chi connectivity index (χ1) is 10.6. The van der Waals surface area contributed by atoms with Gasteiger partial charge in [0.05, 0.1) is 23.5 Å². The van der Waals surface area contributed by atoms with Crippen LogP contribution in [0.15, 0.2) is 18.2 Å². The van der Waals surface area contributed by atoms with Gasteiger partial charge in [0.25, 0.3) is 0 Å². The Labute approximate surface area is 132 Å². The molecule has 0 aliphatic carbocycles. The van der Waals surface area contributed by atoms with Gasteiger partial charge < -0.3 is 4.90 Å². The van der Waals surface area contributed by atoms with Gasteiger partial charge in [0.2, 0.25) is 10.0 Å². The second-order valence-corrected chi connectivity index (χ2v) is 7.29. The number of benzene rings is 1. The van der Waals surface area contributed by atoms with Crippen LogP contribution >= 0.6 is 0 Å². The molecule has 126 valence electrons. The van der Waals surface area contributed by atoms with Crippen molar-refractivity contribution < 1.29 is 21.6 Å². The first-order valence-corrected chi connectivity index (χ1v) is 8.83. The highest BCUT2D eigenvalue weighted by molar-refractivity contribution is 7.88. The Morgan fingerprint density at radius 2 is 2.09 bits per heavy atom. The fraction of sp³-hybridized carbons (Fsp3) is 0.500. The summed E-state index contributed by atoms with van der Waals surface area (Å²) in [5, 5.41) is 8.81. The summed E-state index contributed by atoms with van der Waals surface area (Å²) in [5.74, 6) is 0. The van der Waals surface area contributed by atoms with E-state index in [2.05, 4.69) is 4.72 Å². The van der Waals surface area contributed by atoms with Crippen LogP contribution in [0.3, 0.4) is 0 Å². The maximum Gasteiger partial charge on any atom is 0.417 e. The van der Waals surface area contributed by atoms with E-state index in [1.54, 1.807) is 11.0 Å². The van der Waals surface area contributed by atoms with E-state index >= 15 is 0 Å². The molecule has 0 spiro atoms. The molecule has 0 radical (unpaired) electrons. The molecule has 5 nitrogen and oxygen atoms in total. The average Bonchev–Trinajstić information content (AvgIpc) is 2.44. The molecule has 0 saturated carbocycles. The van der Waals surface area contributed by atoms with Gasteiger partial charge in [-0.15, -0.1) is 0 Å². The zero-order valence-corrected chi connectivity index (χ0v) is 13.2. The minimum absolute atomic E-state index is 0.288. The van der Waals surface area contributed by atoms with Crippen LogP contribution in [0.5, 0.6) is 0 Å². The van der Waals surface area contributed by atoms with Crippen LogP contribution in [0.4, 0.5) is 18.9 Å². The Kier molecular flexibility index (Phi) is 4.87. The molecule has 1 fully saturated rings. The maximum atomic E-state index is 13.0. The summed E-state index contributed by atoms with van der Waals surface area (Å²) in [6.45, 7) is 0.821. The molecular weight excluding hydrogens is 331 g/mol. The lowest BCUT2D eigenvalue weighted by molar-refractivity contribution is -0.137. The lowest BCUT2D eigenvalue weighted by atomic mass is 10.0. The van der Waals surface area contributed by atoms with E-state index in [4.69, 9.17) is 5.26 Å². The molecule has 2 rings (SSSR count). The van der Waals surface area contributed by atoms with E-state index < -0.39 is 27.3 Å². The Morgan fingerprint density at radius 3 is 2.65 bits per heavy atom. The number of alkyl halides is 3. The van der Waals surface area contributed by atoms with Crippen molar-refractivity contribution in [3.05, 3.63) is 29.3 Å². The number of piperidine rings is 1. The quantitative estimate of drug-likeness (QED) is 0.909. The van der Waals surface area contributed by atoms with Crippen LogP contribution in [-0.4, -0.2) is 33.8 Å². The Hall–Kier alpha value is -1.79. The van der Waals surface area contributed by atoms with Crippen LogP contribution in [-0.2, 0) is 16.2 Å². The molecule has 1 N–H and O–H groups in total. The fourth-order valence-corrected chi connectivity index (χ4v) is 3.47. The number of rotatable bonds is 3. The molecule has 0 unspecified atom stereocenters. The van der Waals surface area contributed by atoms with Gasteiger partial charge in [-0.1, -0.05) is 0 Å². The number of anilines is 1. The molecule has 1 aromatic carbocycles. The van der Waals surface area contributed by atoms with Gasteiger partial charge in [-0.25, -0.2) is 13.1 Å². The molecule has 1 heterocycles. The third-order valence-electron chi connectivity index (χ3n) is 3.60. The van der Waals surface area contributed by atoms with Gasteiger partial charge in [0.15, 0.2) is 0 Å². The molecular formula is C14H16F3N3O2S. The fourth-order valence-electron chi connectivity index (χ4n) is 2.67. The van der Waals surface area contributed by atoms with Crippen molar-refractivity contribution >= 4 is 15.7 Å². The lowest BCUT2D eigenvalue weighted by Crippen LogP contribution is -2.47. The predicted molar refractivity (Wildman–Crippen MR) is 79.4 cm³/mol. The highest BCUT2D eigenvalue weighted by atomic mass is 32.2. The van der Waals surface area contributed by atoms with Crippen molar-refractivity contribution in [2.75, 3.05) is 24.2 Å². The number of nitrogens with zero attached hydrogens (tertiary/aromatic N) is 2. The molecule has 9 heteroatoms. The second kappa shape index (κ2) is 6.37. The first kappa shape index (κ1) is 17.6. The van der Waals surface area contributed by atoms with Crippen molar-refractivity contribution in [1.29, 1.82) is 5.26 Å². The topological polar surface area (TPSA) is 73.2 Å². The molecule has 1 saturated heterocycles. The van der Waals surface area contributed by atoms with Gasteiger partial charge in [0.1, 0.15) is 0 Å². The summed E-state index contributed by atoms with van der Waals surface area (Å²) in [7, 11) is -3.37. The molecule has 1 aromatic rings. The SMILES string of the molecule is CS(=O)(=O)N[C@H]1CCCN(c2ccc(C#N)c(C(F)(F)F)c2)C1. The third kappa shape index (κ3) is 4.59. The van der Waals surface area contributed by atoms with E-state index in [0.717, 1.165) is 18.4 Å². The normalized spacial score (nSPS) is 19.4. The lowest BCUT2D eigenvalue weighted by Gasteiger charge is -2.34. The predicted octanol–water partition coefficient (Wildman–Crippen LogP) is 2.10. The summed E-state index contributed by atoms with van der Waals surface area (Å²) in [6.07, 6.45) is -2.27. The largest absolute Gasteiger partial charge is 0.417 e. The van der Waals surface area contributed by atoms with Crippen LogP contribution in [0.1, 0.15) is 24.0 Å².